The zero-order valence-electron chi connectivity index (χ0n) is 12.2. The fraction of sp³-hybridized carbons (Fsp3) is 0.294. The highest BCUT2D eigenvalue weighted by molar-refractivity contribution is 6.33. The van der Waals surface area contributed by atoms with E-state index in [2.05, 4.69) is 37.5 Å². The van der Waals surface area contributed by atoms with Crippen LogP contribution in [-0.4, -0.2) is 0 Å². The molecule has 0 aromatic heterocycles. The quantitative estimate of drug-likeness (QED) is 0.616. The number of hydrazine groups is 1. The van der Waals surface area contributed by atoms with Crippen LogP contribution in [0.15, 0.2) is 42.5 Å². The van der Waals surface area contributed by atoms with Gasteiger partial charge in [0.1, 0.15) is 0 Å². The van der Waals surface area contributed by atoms with Gasteiger partial charge in [-0.15, -0.1) is 0 Å². The van der Waals surface area contributed by atoms with Crippen LogP contribution in [-0.2, 0) is 6.42 Å². The van der Waals surface area contributed by atoms with Crippen molar-refractivity contribution < 1.29 is 0 Å². The van der Waals surface area contributed by atoms with E-state index < -0.39 is 0 Å². The lowest BCUT2D eigenvalue weighted by molar-refractivity contribution is 0.628. The van der Waals surface area contributed by atoms with Gasteiger partial charge in [-0.2, -0.15) is 0 Å². The summed E-state index contributed by atoms with van der Waals surface area (Å²) >= 11 is 12.4. The second kappa shape index (κ2) is 7.28. The number of nitrogens with two attached hydrogens (primary N) is 1. The number of hydrogen-bond acceptors (Lipinski definition) is 2. The molecular weight excluding hydrogens is 303 g/mol. The van der Waals surface area contributed by atoms with Crippen molar-refractivity contribution in [2.45, 2.75) is 26.3 Å². The van der Waals surface area contributed by atoms with Crippen LogP contribution in [0.1, 0.15) is 36.6 Å². The van der Waals surface area contributed by atoms with Gasteiger partial charge in [0.05, 0.1) is 6.04 Å². The lowest BCUT2D eigenvalue weighted by atomic mass is 9.95. The largest absolute Gasteiger partial charge is 0.271 e. The minimum absolute atomic E-state index is 0.177. The Morgan fingerprint density at radius 3 is 2.52 bits per heavy atom. The van der Waals surface area contributed by atoms with Gasteiger partial charge < -0.3 is 0 Å². The summed E-state index contributed by atoms with van der Waals surface area (Å²) < 4.78 is 0. The average molecular weight is 323 g/mol. The van der Waals surface area contributed by atoms with Crippen molar-refractivity contribution >= 4 is 23.2 Å². The third kappa shape index (κ3) is 4.21. The van der Waals surface area contributed by atoms with E-state index >= 15 is 0 Å². The van der Waals surface area contributed by atoms with Crippen LogP contribution in [0.2, 0.25) is 10.0 Å². The van der Waals surface area contributed by atoms with Crippen molar-refractivity contribution in [3.63, 3.8) is 0 Å². The third-order valence-electron chi connectivity index (χ3n) is 3.36. The highest BCUT2D eigenvalue weighted by Gasteiger charge is 2.16. The molecule has 0 amide bonds. The van der Waals surface area contributed by atoms with Crippen LogP contribution in [0.25, 0.3) is 0 Å². The predicted octanol–water partition coefficient (Wildman–Crippen LogP) is 4.74. The second-order valence-electron chi connectivity index (χ2n) is 5.61. The topological polar surface area (TPSA) is 38.0 Å². The van der Waals surface area contributed by atoms with Crippen molar-refractivity contribution in [2.24, 2.45) is 11.8 Å². The SMILES string of the molecule is CC(C)Cc1cccc(C(NN)c2cc(Cl)ccc2Cl)c1. The van der Waals surface area contributed by atoms with Crippen molar-refractivity contribution in [2.75, 3.05) is 0 Å². The van der Waals surface area contributed by atoms with Crippen LogP contribution < -0.4 is 11.3 Å². The maximum absolute atomic E-state index is 6.29. The summed E-state index contributed by atoms with van der Waals surface area (Å²) in [6.07, 6.45) is 1.04. The highest BCUT2D eigenvalue weighted by Crippen LogP contribution is 2.30. The molecule has 0 fully saturated rings. The van der Waals surface area contributed by atoms with Crippen molar-refractivity contribution in [3.8, 4) is 0 Å². The molecule has 2 aromatic carbocycles. The maximum Gasteiger partial charge on any atom is 0.0725 e. The Labute approximate surface area is 136 Å². The van der Waals surface area contributed by atoms with E-state index in [1.165, 1.54) is 5.56 Å². The lowest BCUT2D eigenvalue weighted by Crippen LogP contribution is -2.29. The Balaban J connectivity index is 2.39. The monoisotopic (exact) mass is 322 g/mol. The Hall–Kier alpha value is -1.06. The first kappa shape index (κ1) is 16.3. The summed E-state index contributed by atoms with van der Waals surface area (Å²) in [5.74, 6) is 6.37. The average Bonchev–Trinajstić information content (AvgIpc) is 2.43. The zero-order valence-corrected chi connectivity index (χ0v) is 13.7. The van der Waals surface area contributed by atoms with Crippen LogP contribution >= 0.6 is 23.2 Å². The van der Waals surface area contributed by atoms with E-state index in [0.717, 1.165) is 17.5 Å². The molecule has 0 spiro atoms. The summed E-state index contributed by atoms with van der Waals surface area (Å²) in [6.45, 7) is 4.42. The Kier molecular flexibility index (Phi) is 5.65. The molecule has 0 bridgehead atoms. The van der Waals surface area contributed by atoms with Gasteiger partial charge in [0.15, 0.2) is 0 Å². The van der Waals surface area contributed by atoms with Gasteiger partial charge in [0.2, 0.25) is 0 Å². The van der Waals surface area contributed by atoms with Crippen LogP contribution in [0.5, 0.6) is 0 Å². The molecule has 0 saturated heterocycles. The first-order chi connectivity index (χ1) is 10.0. The van der Waals surface area contributed by atoms with E-state index in [-0.39, 0.29) is 6.04 Å². The predicted molar refractivity (Wildman–Crippen MR) is 90.6 cm³/mol. The number of halogens is 2. The van der Waals surface area contributed by atoms with Crippen molar-refractivity contribution in [3.05, 3.63) is 69.2 Å². The fourth-order valence-corrected chi connectivity index (χ4v) is 2.88. The van der Waals surface area contributed by atoms with E-state index in [9.17, 15) is 0 Å². The Bertz CT molecular complexity index is 611. The minimum Gasteiger partial charge on any atom is -0.271 e. The van der Waals surface area contributed by atoms with Crippen LogP contribution in [0.4, 0.5) is 0 Å². The smallest absolute Gasteiger partial charge is 0.0725 e. The lowest BCUT2D eigenvalue weighted by Gasteiger charge is -2.19. The first-order valence-corrected chi connectivity index (χ1v) is 7.76. The molecule has 0 radical (unpaired) electrons. The summed E-state index contributed by atoms with van der Waals surface area (Å²) in [5, 5.41) is 1.30. The maximum atomic E-state index is 6.29. The molecule has 2 nitrogen and oxygen atoms in total. The number of benzene rings is 2. The Morgan fingerprint density at radius 1 is 1.10 bits per heavy atom. The van der Waals surface area contributed by atoms with Gasteiger partial charge in [-0.25, -0.2) is 5.43 Å². The van der Waals surface area contributed by atoms with Crippen LogP contribution in [0.3, 0.4) is 0 Å². The first-order valence-electron chi connectivity index (χ1n) is 7.01. The molecule has 0 aliphatic rings. The summed E-state index contributed by atoms with van der Waals surface area (Å²) in [5.41, 5.74) is 6.10. The molecule has 0 aliphatic heterocycles. The fourth-order valence-electron chi connectivity index (χ4n) is 2.47. The van der Waals surface area contributed by atoms with E-state index in [1.54, 1.807) is 12.1 Å². The molecule has 0 saturated carbocycles. The van der Waals surface area contributed by atoms with Gasteiger partial charge in [-0.3, -0.25) is 5.84 Å². The minimum atomic E-state index is -0.177. The zero-order chi connectivity index (χ0) is 15.4. The summed E-state index contributed by atoms with van der Waals surface area (Å²) in [6, 6.07) is 13.6. The molecule has 1 unspecified atom stereocenters. The number of rotatable bonds is 5. The molecular formula is C17H20Cl2N2. The molecule has 2 aromatic rings. The summed E-state index contributed by atoms with van der Waals surface area (Å²) in [4.78, 5) is 0. The van der Waals surface area contributed by atoms with Gasteiger partial charge in [0, 0.05) is 10.0 Å². The van der Waals surface area contributed by atoms with Gasteiger partial charge >= 0.3 is 0 Å². The molecule has 3 N–H and O–H groups in total. The highest BCUT2D eigenvalue weighted by atomic mass is 35.5. The molecule has 1 atom stereocenters. The molecule has 0 heterocycles. The van der Waals surface area contributed by atoms with Crippen LogP contribution in [0, 0.1) is 5.92 Å². The molecule has 112 valence electrons. The Morgan fingerprint density at radius 2 is 1.86 bits per heavy atom. The van der Waals surface area contributed by atoms with Gasteiger partial charge in [-0.05, 0) is 47.2 Å². The van der Waals surface area contributed by atoms with Crippen molar-refractivity contribution in [1.82, 2.24) is 5.43 Å². The summed E-state index contributed by atoms with van der Waals surface area (Å²) in [7, 11) is 0. The molecule has 21 heavy (non-hydrogen) atoms. The standard InChI is InChI=1S/C17H20Cl2N2/c1-11(2)8-12-4-3-5-13(9-12)17(21-20)15-10-14(18)6-7-16(15)19/h3-7,9-11,17,21H,8,20H2,1-2H3. The number of hydrogen-bond donors (Lipinski definition) is 2. The molecule has 2 rings (SSSR count). The normalized spacial score (nSPS) is 12.7. The van der Waals surface area contributed by atoms with Gasteiger partial charge in [0.25, 0.3) is 0 Å². The van der Waals surface area contributed by atoms with Crippen molar-refractivity contribution in [1.29, 1.82) is 0 Å². The van der Waals surface area contributed by atoms with E-state index in [4.69, 9.17) is 29.0 Å². The molecule has 4 heteroatoms. The van der Waals surface area contributed by atoms with E-state index in [0.29, 0.717) is 16.0 Å². The third-order valence-corrected chi connectivity index (χ3v) is 3.94. The second-order valence-corrected chi connectivity index (χ2v) is 6.45. The molecule has 0 aliphatic carbocycles. The van der Waals surface area contributed by atoms with Gasteiger partial charge in [-0.1, -0.05) is 61.3 Å². The van der Waals surface area contributed by atoms with E-state index in [1.807, 2.05) is 12.1 Å². The number of nitrogens with one attached hydrogen (secondary N) is 1.